The second kappa shape index (κ2) is 11.0. The maximum absolute atomic E-state index is 14.0. The zero-order chi connectivity index (χ0) is 24.8. The summed E-state index contributed by atoms with van der Waals surface area (Å²) in [6.45, 7) is 6.09. The van der Waals surface area contributed by atoms with Gasteiger partial charge in [-0.3, -0.25) is 9.36 Å². The highest BCUT2D eigenvalue weighted by atomic mass is 16.1. The van der Waals surface area contributed by atoms with Crippen molar-refractivity contribution in [3.8, 4) is 17.2 Å². The molecular formula is C31H31N3O. The first-order chi connectivity index (χ1) is 17.0. The Bertz CT molecular complexity index is 1400. The molecule has 4 nitrogen and oxygen atoms in total. The van der Waals surface area contributed by atoms with E-state index < -0.39 is 0 Å². The third-order valence-corrected chi connectivity index (χ3v) is 6.62. The highest BCUT2D eigenvalue weighted by Crippen LogP contribution is 2.28. The molecule has 0 N–H and O–H groups in total. The van der Waals surface area contributed by atoms with Crippen LogP contribution in [0, 0.1) is 18.3 Å². The molecule has 0 spiro atoms. The number of nitriles is 1. The first-order valence-electron chi connectivity index (χ1n) is 12.3. The average molecular weight is 462 g/mol. The fourth-order valence-corrected chi connectivity index (χ4v) is 4.73. The van der Waals surface area contributed by atoms with Crippen molar-refractivity contribution >= 4 is 0 Å². The van der Waals surface area contributed by atoms with E-state index in [1.807, 2.05) is 92.7 Å². The smallest absolute Gasteiger partial charge is 0.257 e. The quantitative estimate of drug-likeness (QED) is 0.296. The van der Waals surface area contributed by atoms with Crippen LogP contribution in [0.5, 0.6) is 0 Å². The van der Waals surface area contributed by atoms with Crippen LogP contribution in [0.3, 0.4) is 0 Å². The summed E-state index contributed by atoms with van der Waals surface area (Å²) in [4.78, 5) is 18.9. The Kier molecular flexibility index (Phi) is 7.57. The average Bonchev–Trinajstić information content (AvgIpc) is 2.90. The van der Waals surface area contributed by atoms with E-state index in [0.717, 1.165) is 53.0 Å². The molecule has 0 aliphatic carbocycles. The van der Waals surface area contributed by atoms with Crippen molar-refractivity contribution in [2.45, 2.75) is 52.5 Å². The first-order valence-corrected chi connectivity index (χ1v) is 12.3. The van der Waals surface area contributed by atoms with Crippen molar-refractivity contribution in [2.24, 2.45) is 0 Å². The summed E-state index contributed by atoms with van der Waals surface area (Å²) in [5.41, 5.74) is 5.93. The van der Waals surface area contributed by atoms with Crippen molar-refractivity contribution in [3.05, 3.63) is 123 Å². The fraction of sp³-hybridized carbons (Fsp3) is 0.258. The lowest BCUT2D eigenvalue weighted by Crippen LogP contribution is -2.32. The molecule has 176 valence electrons. The highest BCUT2D eigenvalue weighted by Gasteiger charge is 2.21. The lowest BCUT2D eigenvalue weighted by molar-refractivity contribution is 0.566. The van der Waals surface area contributed by atoms with Gasteiger partial charge in [0.05, 0.1) is 17.3 Å². The van der Waals surface area contributed by atoms with Gasteiger partial charge in [-0.1, -0.05) is 92.2 Å². The molecule has 1 unspecified atom stereocenters. The summed E-state index contributed by atoms with van der Waals surface area (Å²) in [5.74, 6) is 0.722. The zero-order valence-electron chi connectivity index (χ0n) is 20.7. The summed E-state index contributed by atoms with van der Waals surface area (Å²) >= 11 is 0. The Labute approximate surface area is 207 Å². The molecule has 1 heterocycles. The van der Waals surface area contributed by atoms with Gasteiger partial charge in [-0.2, -0.15) is 5.26 Å². The van der Waals surface area contributed by atoms with Crippen LogP contribution >= 0.6 is 0 Å². The van der Waals surface area contributed by atoms with Gasteiger partial charge in [0, 0.05) is 12.0 Å². The van der Waals surface area contributed by atoms with Crippen molar-refractivity contribution in [2.75, 3.05) is 0 Å². The number of aromatic nitrogens is 2. The predicted molar refractivity (Wildman–Crippen MR) is 141 cm³/mol. The van der Waals surface area contributed by atoms with E-state index in [2.05, 4.69) is 13.0 Å². The van der Waals surface area contributed by atoms with Gasteiger partial charge in [0.25, 0.3) is 5.56 Å². The molecule has 0 aliphatic heterocycles. The predicted octanol–water partition coefficient (Wildman–Crippen LogP) is 6.63. The summed E-state index contributed by atoms with van der Waals surface area (Å²) < 4.78 is 1.80. The minimum Gasteiger partial charge on any atom is -0.289 e. The highest BCUT2D eigenvalue weighted by molar-refractivity contribution is 5.72. The van der Waals surface area contributed by atoms with Crippen LogP contribution in [0.15, 0.2) is 83.7 Å². The molecule has 1 atom stereocenters. The number of aryl methyl sites for hydroxylation is 2. The van der Waals surface area contributed by atoms with Gasteiger partial charge >= 0.3 is 0 Å². The fourth-order valence-electron chi connectivity index (χ4n) is 4.73. The Morgan fingerprint density at radius 2 is 1.66 bits per heavy atom. The van der Waals surface area contributed by atoms with Crippen molar-refractivity contribution in [1.29, 1.82) is 5.26 Å². The minimum atomic E-state index is -0.138. The Balaban J connectivity index is 1.85. The van der Waals surface area contributed by atoms with Gasteiger partial charge in [0.2, 0.25) is 0 Å². The van der Waals surface area contributed by atoms with Crippen LogP contribution in [0.25, 0.3) is 11.1 Å². The first kappa shape index (κ1) is 24.2. The van der Waals surface area contributed by atoms with Crippen molar-refractivity contribution in [1.82, 2.24) is 9.55 Å². The van der Waals surface area contributed by atoms with Crippen LogP contribution in [0.1, 0.15) is 66.5 Å². The standard InChI is InChI=1S/C31H31N3O/c1-4-5-19-30-28(31(35)34(23(3)33-30)22(2)24-13-8-6-9-14-24)20-26-17-12-18-27(29(26)21-32)25-15-10-7-11-16-25/h6-18,22H,4-5,19-20H2,1-3H3. The third kappa shape index (κ3) is 5.10. The monoisotopic (exact) mass is 461 g/mol. The molecule has 0 aliphatic rings. The lowest BCUT2D eigenvalue weighted by Gasteiger charge is -2.21. The van der Waals surface area contributed by atoms with Gasteiger partial charge in [-0.05, 0) is 48.9 Å². The van der Waals surface area contributed by atoms with Crippen molar-refractivity contribution < 1.29 is 0 Å². The SMILES string of the molecule is CCCCc1nc(C)n(C(C)c2ccccc2)c(=O)c1Cc1cccc(-c2ccccc2)c1C#N. The molecular weight excluding hydrogens is 430 g/mol. The molecule has 0 saturated heterocycles. The molecule has 0 saturated carbocycles. The molecule has 4 rings (SSSR count). The Morgan fingerprint density at radius 1 is 0.971 bits per heavy atom. The Morgan fingerprint density at radius 3 is 2.31 bits per heavy atom. The molecule has 4 heteroatoms. The summed E-state index contributed by atoms with van der Waals surface area (Å²) in [6.07, 6.45) is 3.13. The lowest BCUT2D eigenvalue weighted by atomic mass is 9.92. The van der Waals surface area contributed by atoms with Gasteiger partial charge in [-0.15, -0.1) is 0 Å². The Hall–Kier alpha value is -3.97. The molecule has 0 bridgehead atoms. The number of nitrogens with zero attached hydrogens (tertiary/aromatic N) is 3. The number of hydrogen-bond acceptors (Lipinski definition) is 3. The second-order valence-electron chi connectivity index (χ2n) is 8.94. The molecule has 0 fully saturated rings. The van der Waals surface area contributed by atoms with Gasteiger partial charge in [0.15, 0.2) is 0 Å². The van der Waals surface area contributed by atoms with Crippen LogP contribution in [0.4, 0.5) is 0 Å². The number of unbranched alkanes of at least 4 members (excludes halogenated alkanes) is 1. The summed E-state index contributed by atoms with van der Waals surface area (Å²) in [5, 5.41) is 10.1. The maximum atomic E-state index is 14.0. The van der Waals surface area contributed by atoms with E-state index in [1.54, 1.807) is 4.57 Å². The van der Waals surface area contributed by atoms with Crippen LogP contribution in [0.2, 0.25) is 0 Å². The summed E-state index contributed by atoms with van der Waals surface area (Å²) in [7, 11) is 0. The van der Waals surface area contributed by atoms with Gasteiger partial charge in [-0.25, -0.2) is 4.98 Å². The molecule has 1 aromatic heterocycles. The number of rotatable bonds is 8. The van der Waals surface area contributed by atoms with E-state index in [4.69, 9.17) is 4.98 Å². The number of hydrogen-bond donors (Lipinski definition) is 0. The summed E-state index contributed by atoms with van der Waals surface area (Å²) in [6, 6.07) is 28.1. The zero-order valence-corrected chi connectivity index (χ0v) is 20.7. The number of benzene rings is 3. The van der Waals surface area contributed by atoms with E-state index in [-0.39, 0.29) is 11.6 Å². The minimum absolute atomic E-state index is 0.0195. The van der Waals surface area contributed by atoms with Gasteiger partial charge < -0.3 is 0 Å². The van der Waals surface area contributed by atoms with Crippen LogP contribution in [-0.4, -0.2) is 9.55 Å². The molecule has 3 aromatic carbocycles. The maximum Gasteiger partial charge on any atom is 0.257 e. The van der Waals surface area contributed by atoms with E-state index >= 15 is 0 Å². The van der Waals surface area contributed by atoms with E-state index in [0.29, 0.717) is 17.5 Å². The normalized spacial score (nSPS) is 11.7. The third-order valence-electron chi connectivity index (χ3n) is 6.62. The van der Waals surface area contributed by atoms with Crippen molar-refractivity contribution in [3.63, 3.8) is 0 Å². The van der Waals surface area contributed by atoms with Crippen LogP contribution in [-0.2, 0) is 12.8 Å². The topological polar surface area (TPSA) is 58.7 Å². The van der Waals surface area contributed by atoms with E-state index in [9.17, 15) is 10.1 Å². The second-order valence-corrected chi connectivity index (χ2v) is 8.94. The molecule has 4 aromatic rings. The molecule has 0 amide bonds. The largest absolute Gasteiger partial charge is 0.289 e. The van der Waals surface area contributed by atoms with Crippen LogP contribution < -0.4 is 5.56 Å². The molecule has 0 radical (unpaired) electrons. The van der Waals surface area contributed by atoms with E-state index in [1.165, 1.54) is 0 Å². The molecule has 35 heavy (non-hydrogen) atoms. The van der Waals surface area contributed by atoms with Gasteiger partial charge in [0.1, 0.15) is 11.9 Å².